The fraction of sp³-hybridized carbons (Fsp3) is 0.0204. The molecule has 0 radical (unpaired) electrons. The van der Waals surface area contributed by atoms with Crippen LogP contribution < -0.4 is 4.90 Å². The Bertz CT molecular complexity index is 2930. The van der Waals surface area contributed by atoms with Crippen LogP contribution in [0.25, 0.3) is 55.0 Å². The number of furan rings is 2. The van der Waals surface area contributed by atoms with Crippen molar-refractivity contribution in [3.05, 3.63) is 210 Å². The lowest BCUT2D eigenvalue weighted by Crippen LogP contribution is -2.28. The topological polar surface area (TPSA) is 29.5 Å². The van der Waals surface area contributed by atoms with Gasteiger partial charge in [-0.1, -0.05) is 133 Å². The Labute approximate surface area is 300 Å². The van der Waals surface area contributed by atoms with Crippen LogP contribution >= 0.6 is 0 Å². The number of rotatable bonds is 5. The normalized spacial score (nSPS) is 13.2. The predicted molar refractivity (Wildman–Crippen MR) is 213 cm³/mol. The lowest BCUT2D eigenvalue weighted by molar-refractivity contribution is 0.669. The Kier molecular flexibility index (Phi) is 6.17. The lowest BCUT2D eigenvalue weighted by Gasteiger charge is -2.35. The minimum absolute atomic E-state index is 0.521. The quantitative estimate of drug-likeness (QED) is 0.183. The van der Waals surface area contributed by atoms with E-state index >= 15 is 0 Å². The van der Waals surface area contributed by atoms with E-state index in [1.807, 2.05) is 24.3 Å². The van der Waals surface area contributed by atoms with Gasteiger partial charge in [-0.15, -0.1) is 0 Å². The van der Waals surface area contributed by atoms with Gasteiger partial charge in [0.1, 0.15) is 22.3 Å². The lowest BCUT2D eigenvalue weighted by atomic mass is 9.67. The molecule has 10 aromatic rings. The molecule has 0 unspecified atom stereocenters. The summed E-state index contributed by atoms with van der Waals surface area (Å²) in [5.74, 6) is 0. The van der Waals surface area contributed by atoms with Crippen LogP contribution in [0.3, 0.4) is 0 Å². The van der Waals surface area contributed by atoms with Crippen LogP contribution in [0, 0.1) is 0 Å². The van der Waals surface area contributed by atoms with E-state index in [2.05, 4.69) is 169 Å². The van der Waals surface area contributed by atoms with E-state index in [0.29, 0.717) is 0 Å². The molecule has 52 heavy (non-hydrogen) atoms. The highest BCUT2D eigenvalue weighted by molar-refractivity contribution is 6.14. The van der Waals surface area contributed by atoms with Crippen LogP contribution in [-0.2, 0) is 5.41 Å². The van der Waals surface area contributed by atoms with E-state index in [1.54, 1.807) is 0 Å². The molecule has 3 heteroatoms. The van der Waals surface area contributed by atoms with Crippen LogP contribution in [0.5, 0.6) is 0 Å². The van der Waals surface area contributed by atoms with E-state index in [9.17, 15) is 0 Å². The van der Waals surface area contributed by atoms with Crippen LogP contribution in [0.1, 0.15) is 22.3 Å². The molecule has 0 bridgehead atoms. The number of fused-ring (bicyclic) bond motifs is 9. The first-order valence-corrected chi connectivity index (χ1v) is 17.8. The van der Waals surface area contributed by atoms with E-state index in [1.165, 1.54) is 33.4 Å². The summed E-state index contributed by atoms with van der Waals surface area (Å²) in [6, 6.07) is 67.4. The number of hydrogen-bond acceptors (Lipinski definition) is 3. The van der Waals surface area contributed by atoms with Gasteiger partial charge in [-0.05, 0) is 81.9 Å². The number of benzene rings is 8. The molecule has 0 saturated heterocycles. The van der Waals surface area contributed by atoms with Crippen LogP contribution in [0.4, 0.5) is 17.1 Å². The van der Waals surface area contributed by atoms with Crippen molar-refractivity contribution >= 4 is 60.9 Å². The highest BCUT2D eigenvalue weighted by atomic mass is 16.3. The second-order valence-electron chi connectivity index (χ2n) is 13.6. The molecule has 3 nitrogen and oxygen atoms in total. The fourth-order valence-electron chi connectivity index (χ4n) is 8.79. The Morgan fingerprint density at radius 3 is 1.71 bits per heavy atom. The molecule has 0 fully saturated rings. The third-order valence-electron chi connectivity index (χ3n) is 10.9. The molecule has 0 saturated carbocycles. The van der Waals surface area contributed by atoms with Crippen molar-refractivity contribution < 1.29 is 8.83 Å². The van der Waals surface area contributed by atoms with E-state index in [-0.39, 0.29) is 0 Å². The van der Waals surface area contributed by atoms with Gasteiger partial charge in [0.2, 0.25) is 0 Å². The molecule has 0 aliphatic heterocycles. The van der Waals surface area contributed by atoms with Gasteiger partial charge in [-0.2, -0.15) is 0 Å². The second-order valence-corrected chi connectivity index (χ2v) is 13.6. The Hall–Kier alpha value is -6.84. The number of anilines is 3. The van der Waals surface area contributed by atoms with Crippen molar-refractivity contribution in [1.29, 1.82) is 0 Å². The summed E-state index contributed by atoms with van der Waals surface area (Å²) in [6.45, 7) is 0. The van der Waals surface area contributed by atoms with E-state index in [4.69, 9.17) is 8.83 Å². The van der Waals surface area contributed by atoms with Crippen molar-refractivity contribution in [2.45, 2.75) is 5.41 Å². The van der Waals surface area contributed by atoms with E-state index < -0.39 is 5.41 Å². The molecule has 244 valence electrons. The molecule has 1 aliphatic rings. The Morgan fingerprint density at radius 1 is 0.365 bits per heavy atom. The zero-order chi connectivity index (χ0) is 34.2. The molecule has 11 rings (SSSR count). The molecule has 2 aromatic heterocycles. The molecule has 2 heterocycles. The van der Waals surface area contributed by atoms with Crippen molar-refractivity contribution in [3.63, 3.8) is 0 Å². The van der Waals surface area contributed by atoms with Crippen LogP contribution in [-0.4, -0.2) is 0 Å². The molecule has 0 N–H and O–H groups in total. The van der Waals surface area contributed by atoms with Gasteiger partial charge < -0.3 is 13.7 Å². The first-order chi connectivity index (χ1) is 25.8. The summed E-state index contributed by atoms with van der Waals surface area (Å²) in [5, 5.41) is 4.37. The number of para-hydroxylation sites is 2. The second kappa shape index (κ2) is 11.1. The zero-order valence-corrected chi connectivity index (χ0v) is 28.2. The molecule has 0 amide bonds. The smallest absolute Gasteiger partial charge is 0.137 e. The van der Waals surface area contributed by atoms with Crippen LogP contribution in [0.15, 0.2) is 197 Å². The summed E-state index contributed by atoms with van der Waals surface area (Å²) >= 11 is 0. The van der Waals surface area contributed by atoms with Crippen molar-refractivity contribution in [3.8, 4) is 11.1 Å². The van der Waals surface area contributed by atoms with Crippen molar-refractivity contribution in [2.75, 3.05) is 4.90 Å². The fourth-order valence-corrected chi connectivity index (χ4v) is 8.79. The van der Waals surface area contributed by atoms with Gasteiger partial charge in [0.15, 0.2) is 0 Å². The largest absolute Gasteiger partial charge is 0.456 e. The summed E-state index contributed by atoms with van der Waals surface area (Å²) in [4.78, 5) is 2.38. The molecular formula is C49H31NO2. The minimum Gasteiger partial charge on any atom is -0.456 e. The van der Waals surface area contributed by atoms with Crippen molar-refractivity contribution in [2.24, 2.45) is 0 Å². The van der Waals surface area contributed by atoms with Gasteiger partial charge >= 0.3 is 0 Å². The monoisotopic (exact) mass is 665 g/mol. The Morgan fingerprint density at radius 2 is 0.923 bits per heavy atom. The highest BCUT2D eigenvalue weighted by Crippen LogP contribution is 2.57. The summed E-state index contributed by atoms with van der Waals surface area (Å²) in [6.07, 6.45) is 0. The molecule has 0 atom stereocenters. The maximum absolute atomic E-state index is 6.48. The first kappa shape index (κ1) is 28.9. The predicted octanol–water partition coefficient (Wildman–Crippen LogP) is 13.3. The SMILES string of the molecule is c1ccc(C2(c3ccccc3)c3ccccc3-c3ccc(N(c4ccc5c(c4)oc4ccccc45)c4cccc5oc6ccccc6c45)cc32)cc1. The van der Waals surface area contributed by atoms with Gasteiger partial charge in [0.25, 0.3) is 0 Å². The minimum atomic E-state index is -0.521. The van der Waals surface area contributed by atoms with Crippen molar-refractivity contribution in [1.82, 2.24) is 0 Å². The van der Waals surface area contributed by atoms with Gasteiger partial charge in [-0.25, -0.2) is 0 Å². The van der Waals surface area contributed by atoms with E-state index in [0.717, 1.165) is 60.9 Å². The Balaban J connectivity index is 1.23. The average Bonchev–Trinajstić information content (AvgIpc) is 3.87. The average molecular weight is 666 g/mol. The number of hydrogen-bond donors (Lipinski definition) is 0. The van der Waals surface area contributed by atoms with Gasteiger partial charge in [0.05, 0.1) is 16.5 Å². The summed E-state index contributed by atoms with van der Waals surface area (Å²) in [7, 11) is 0. The van der Waals surface area contributed by atoms with Gasteiger partial charge in [-0.3, -0.25) is 0 Å². The van der Waals surface area contributed by atoms with Crippen LogP contribution in [0.2, 0.25) is 0 Å². The zero-order valence-electron chi connectivity index (χ0n) is 28.2. The summed E-state index contributed by atoms with van der Waals surface area (Å²) in [5.41, 5.74) is 13.6. The molecular weight excluding hydrogens is 635 g/mol. The third-order valence-corrected chi connectivity index (χ3v) is 10.9. The number of nitrogens with zero attached hydrogens (tertiary/aromatic N) is 1. The summed E-state index contributed by atoms with van der Waals surface area (Å²) < 4.78 is 12.9. The highest BCUT2D eigenvalue weighted by Gasteiger charge is 2.46. The first-order valence-electron chi connectivity index (χ1n) is 17.8. The molecule has 8 aromatic carbocycles. The maximum atomic E-state index is 6.48. The standard InChI is InChI=1S/C49H31NO2/c1-3-14-32(15-4-1)49(33-16-5-2-6-17-33)41-21-10-7-18-36(41)37-28-26-34(30-42(37)49)50(35-27-29-39-38-19-8-11-23-44(38)52-47(39)31-35)43-22-13-25-46-48(43)40-20-9-12-24-45(40)51-46/h1-31H. The molecule has 0 spiro atoms. The molecule has 1 aliphatic carbocycles. The van der Waals surface area contributed by atoms with Gasteiger partial charge in [0, 0.05) is 33.6 Å². The maximum Gasteiger partial charge on any atom is 0.137 e. The third kappa shape index (κ3) is 4.02.